The summed E-state index contributed by atoms with van der Waals surface area (Å²) in [5, 5.41) is 24.0. The molecule has 1 aliphatic rings. The number of likely N-dealkylation sites (tertiary alicyclic amines) is 1. The number of ether oxygens (including phenoxy) is 1. The molecule has 0 radical (unpaired) electrons. The number of aliphatic hydroxyl groups is 2. The Balaban J connectivity index is 1.35. The topological polar surface area (TPSA) is 112 Å². The zero-order valence-electron chi connectivity index (χ0n) is 19.8. The Labute approximate surface area is 214 Å². The maximum atomic E-state index is 12.9. The molecule has 1 aliphatic heterocycles. The minimum Gasteiger partial charge on any atom is -0.496 e. The van der Waals surface area contributed by atoms with E-state index in [1.165, 1.54) is 4.90 Å². The van der Waals surface area contributed by atoms with Gasteiger partial charge in [0.25, 0.3) is 11.8 Å². The molecule has 9 heteroatoms. The molecule has 0 saturated carbocycles. The van der Waals surface area contributed by atoms with Gasteiger partial charge in [-0.3, -0.25) is 14.6 Å². The second-order valence-electron chi connectivity index (χ2n) is 8.60. The van der Waals surface area contributed by atoms with Crippen molar-refractivity contribution in [3.05, 3.63) is 83.0 Å². The van der Waals surface area contributed by atoms with Crippen molar-refractivity contribution in [2.45, 2.75) is 37.6 Å². The monoisotopic (exact) mass is 509 g/mol. The largest absolute Gasteiger partial charge is 0.496 e. The lowest BCUT2D eigenvalue weighted by Crippen LogP contribution is -2.50. The lowest BCUT2D eigenvalue weighted by Gasteiger charge is -2.28. The van der Waals surface area contributed by atoms with Crippen molar-refractivity contribution >= 4 is 23.4 Å². The van der Waals surface area contributed by atoms with E-state index in [0.29, 0.717) is 35.0 Å². The molecular formula is C27H28ClN3O5. The highest BCUT2D eigenvalue weighted by Gasteiger charge is 2.38. The van der Waals surface area contributed by atoms with Crippen LogP contribution in [0.25, 0.3) is 11.3 Å². The van der Waals surface area contributed by atoms with Gasteiger partial charge in [-0.15, -0.1) is 0 Å². The number of carbonyl (C=O) groups is 2. The van der Waals surface area contributed by atoms with Crippen molar-refractivity contribution in [3.63, 3.8) is 0 Å². The fourth-order valence-electron chi connectivity index (χ4n) is 4.38. The van der Waals surface area contributed by atoms with Gasteiger partial charge < -0.3 is 25.2 Å². The van der Waals surface area contributed by atoms with Gasteiger partial charge in [0.05, 0.1) is 18.8 Å². The molecule has 2 amide bonds. The van der Waals surface area contributed by atoms with Crippen LogP contribution in [0.3, 0.4) is 0 Å². The summed E-state index contributed by atoms with van der Waals surface area (Å²) in [7, 11) is 1.59. The molecule has 3 atom stereocenters. The predicted molar refractivity (Wildman–Crippen MR) is 135 cm³/mol. The van der Waals surface area contributed by atoms with Crippen molar-refractivity contribution in [2.75, 3.05) is 13.7 Å². The number of benzene rings is 2. The highest BCUT2D eigenvalue weighted by atomic mass is 35.5. The molecule has 188 valence electrons. The first-order chi connectivity index (χ1) is 17.4. The number of nitrogens with one attached hydrogen (secondary N) is 1. The summed E-state index contributed by atoms with van der Waals surface area (Å²) in [6, 6.07) is 18.0. The first kappa shape index (κ1) is 25.6. The molecule has 1 aromatic heterocycles. The molecule has 1 saturated heterocycles. The summed E-state index contributed by atoms with van der Waals surface area (Å²) in [4.78, 5) is 31.4. The van der Waals surface area contributed by atoms with Crippen LogP contribution in [0.2, 0.25) is 5.02 Å². The molecule has 3 N–H and O–H groups in total. The number of nitrogens with zero attached hydrogens (tertiary/aromatic N) is 2. The van der Waals surface area contributed by atoms with E-state index < -0.39 is 24.0 Å². The van der Waals surface area contributed by atoms with Crippen LogP contribution in [0.15, 0.2) is 66.9 Å². The minimum atomic E-state index is -1.90. The third-order valence-corrected chi connectivity index (χ3v) is 6.50. The Hall–Kier alpha value is -3.46. The summed E-state index contributed by atoms with van der Waals surface area (Å²) >= 11 is 6.09. The van der Waals surface area contributed by atoms with Crippen molar-refractivity contribution in [2.24, 2.45) is 0 Å². The molecule has 2 heterocycles. The van der Waals surface area contributed by atoms with Gasteiger partial charge in [0.1, 0.15) is 5.75 Å². The first-order valence-corrected chi connectivity index (χ1v) is 12.0. The van der Waals surface area contributed by atoms with Crippen LogP contribution in [0.5, 0.6) is 5.75 Å². The SMILES string of the molecule is COc1ccccc1-c1ccc(CNC(=O)C(O)[C@@H](O)C(=O)N2CCCC2c2cccc(Cl)c2)cn1. The standard InChI is InChI=1S/C27H28ClN3O5/c1-36-23-10-3-2-8-20(23)21-12-11-17(15-29-21)16-30-26(34)24(32)25(33)27(35)31-13-5-9-22(31)18-6-4-7-19(28)14-18/h2-4,6-8,10-12,14-15,22,24-25,32-33H,5,9,13,16H2,1H3,(H,30,34)/t22?,24?,25-/m1/s1. The summed E-state index contributed by atoms with van der Waals surface area (Å²) < 4.78 is 5.37. The normalized spacial score (nSPS) is 16.9. The molecule has 0 spiro atoms. The maximum Gasteiger partial charge on any atom is 0.255 e. The highest BCUT2D eigenvalue weighted by Crippen LogP contribution is 2.33. The number of carbonyl (C=O) groups excluding carboxylic acids is 2. The smallest absolute Gasteiger partial charge is 0.255 e. The Bertz CT molecular complexity index is 1220. The van der Waals surface area contributed by atoms with Crippen LogP contribution in [0.1, 0.15) is 30.0 Å². The first-order valence-electron chi connectivity index (χ1n) is 11.7. The van der Waals surface area contributed by atoms with Gasteiger partial charge in [-0.2, -0.15) is 0 Å². The predicted octanol–water partition coefficient (Wildman–Crippen LogP) is 3.11. The second-order valence-corrected chi connectivity index (χ2v) is 9.04. The summed E-state index contributed by atoms with van der Waals surface area (Å²) in [6.07, 6.45) is -0.723. The second kappa shape index (κ2) is 11.5. The van der Waals surface area contributed by atoms with E-state index >= 15 is 0 Å². The number of rotatable bonds is 8. The summed E-state index contributed by atoms with van der Waals surface area (Å²) in [5.41, 5.74) is 3.09. The number of aliphatic hydroxyl groups excluding tert-OH is 2. The van der Waals surface area contributed by atoms with Crippen molar-refractivity contribution in [1.82, 2.24) is 15.2 Å². The van der Waals surface area contributed by atoms with Gasteiger partial charge >= 0.3 is 0 Å². The summed E-state index contributed by atoms with van der Waals surface area (Å²) in [5.74, 6) is -0.838. The van der Waals surface area contributed by atoms with Crippen LogP contribution in [0.4, 0.5) is 0 Å². The molecule has 36 heavy (non-hydrogen) atoms. The third-order valence-electron chi connectivity index (χ3n) is 6.26. The molecule has 0 aliphatic carbocycles. The van der Waals surface area contributed by atoms with Crippen LogP contribution < -0.4 is 10.1 Å². The number of amides is 2. The average molecular weight is 510 g/mol. The van der Waals surface area contributed by atoms with Crippen LogP contribution >= 0.6 is 11.6 Å². The van der Waals surface area contributed by atoms with Crippen LogP contribution in [-0.4, -0.2) is 57.8 Å². The van der Waals surface area contributed by atoms with E-state index in [0.717, 1.165) is 17.5 Å². The number of aromatic nitrogens is 1. The number of halogens is 1. The Kier molecular flexibility index (Phi) is 8.20. The Morgan fingerprint density at radius 1 is 1.14 bits per heavy atom. The van der Waals surface area contributed by atoms with Gasteiger partial charge in [0.15, 0.2) is 12.2 Å². The quantitative estimate of drug-likeness (QED) is 0.430. The van der Waals surface area contributed by atoms with Crippen LogP contribution in [0, 0.1) is 0 Å². The molecule has 2 aromatic carbocycles. The van der Waals surface area contributed by atoms with Gasteiger partial charge in [-0.1, -0.05) is 41.9 Å². The van der Waals surface area contributed by atoms with E-state index in [2.05, 4.69) is 10.3 Å². The lowest BCUT2D eigenvalue weighted by molar-refractivity contribution is -0.153. The van der Waals surface area contributed by atoms with Crippen LogP contribution in [-0.2, 0) is 16.1 Å². The number of hydrogen-bond acceptors (Lipinski definition) is 6. The maximum absolute atomic E-state index is 12.9. The van der Waals surface area contributed by atoms with Gasteiger partial charge in [-0.05, 0) is 54.3 Å². The van der Waals surface area contributed by atoms with E-state index in [4.69, 9.17) is 16.3 Å². The molecule has 0 bridgehead atoms. The van der Waals surface area contributed by atoms with Crippen molar-refractivity contribution < 1.29 is 24.5 Å². The molecule has 4 rings (SSSR count). The Morgan fingerprint density at radius 2 is 1.94 bits per heavy atom. The number of hydrogen-bond donors (Lipinski definition) is 3. The lowest BCUT2D eigenvalue weighted by atomic mass is 10.0. The zero-order chi connectivity index (χ0) is 25.7. The van der Waals surface area contributed by atoms with Crippen molar-refractivity contribution in [3.8, 4) is 17.0 Å². The van der Waals surface area contributed by atoms with E-state index in [1.807, 2.05) is 30.3 Å². The molecule has 3 aromatic rings. The third kappa shape index (κ3) is 5.67. The van der Waals surface area contributed by atoms with Gasteiger partial charge in [0, 0.05) is 29.9 Å². The minimum absolute atomic E-state index is 0.0743. The molecule has 8 nitrogen and oxygen atoms in total. The van der Waals surface area contributed by atoms with E-state index in [1.54, 1.807) is 43.6 Å². The van der Waals surface area contributed by atoms with E-state index in [9.17, 15) is 19.8 Å². The average Bonchev–Trinajstić information content (AvgIpc) is 3.41. The highest BCUT2D eigenvalue weighted by molar-refractivity contribution is 6.30. The summed E-state index contributed by atoms with van der Waals surface area (Å²) in [6.45, 7) is 0.497. The number of pyridine rings is 1. The van der Waals surface area contributed by atoms with Crippen molar-refractivity contribution in [1.29, 1.82) is 0 Å². The fourth-order valence-corrected chi connectivity index (χ4v) is 4.58. The zero-order valence-corrected chi connectivity index (χ0v) is 20.6. The molecule has 1 fully saturated rings. The Morgan fingerprint density at radius 3 is 2.67 bits per heavy atom. The molecule has 2 unspecified atom stereocenters. The molecular weight excluding hydrogens is 482 g/mol. The van der Waals surface area contributed by atoms with E-state index in [-0.39, 0.29) is 12.6 Å². The van der Waals surface area contributed by atoms with Gasteiger partial charge in [0.2, 0.25) is 0 Å². The number of methoxy groups -OCH3 is 1. The number of para-hydroxylation sites is 1. The van der Waals surface area contributed by atoms with Gasteiger partial charge in [-0.25, -0.2) is 0 Å². The fraction of sp³-hybridized carbons (Fsp3) is 0.296.